The van der Waals surface area contributed by atoms with Crippen molar-refractivity contribution in [2.45, 2.75) is 89.8 Å². The van der Waals surface area contributed by atoms with Gasteiger partial charge in [-0.2, -0.15) is 0 Å². The zero-order valence-corrected chi connectivity index (χ0v) is 43.9. The number of allylic oxidation sites excluding steroid dienone is 1. The molecule has 2 saturated heterocycles. The maximum absolute atomic E-state index is 14.1. The summed E-state index contributed by atoms with van der Waals surface area (Å²) >= 11 is 6.26. The van der Waals surface area contributed by atoms with Crippen LogP contribution in [0.5, 0.6) is 11.5 Å². The summed E-state index contributed by atoms with van der Waals surface area (Å²) in [6.07, 6.45) is 7.87. The summed E-state index contributed by atoms with van der Waals surface area (Å²) in [5.41, 5.74) is 5.11. The molecule has 0 atom stereocenters. The van der Waals surface area contributed by atoms with E-state index in [1.807, 2.05) is 18.2 Å². The SMILES string of the molecule is CC1(C)CCC(CN2CCN(c3ccc(C(=O)NS(=O)(=O)c4ccc(NCC5(CO[Si](C)(C)C(C)(C)C)CCOCC5)c([N+](=O)[O-])c4)c(Oc4cnc5[nH]ccc5c4)c3)CC2)=C(c2ccc(Cl)cc2)C1. The maximum Gasteiger partial charge on any atom is 0.293 e. The molecule has 2 fully saturated rings. The molecule has 1 aliphatic carbocycles. The number of nitro groups is 1. The van der Waals surface area contributed by atoms with Crippen LogP contribution >= 0.6 is 11.6 Å². The minimum Gasteiger partial charge on any atom is -0.455 e. The molecular weight excluding hydrogens is 946 g/mol. The molecule has 0 spiro atoms. The molecule has 3 N–H and O–H groups in total. The second-order valence-electron chi connectivity index (χ2n) is 21.4. The smallest absolute Gasteiger partial charge is 0.293 e. The van der Waals surface area contributed by atoms with Crippen molar-refractivity contribution in [2.24, 2.45) is 10.8 Å². The number of rotatable bonds is 16. The molecule has 0 radical (unpaired) electrons. The summed E-state index contributed by atoms with van der Waals surface area (Å²) in [5.74, 6) is -0.494. The molecule has 1 amide bonds. The first-order valence-corrected chi connectivity index (χ1v) is 28.9. The van der Waals surface area contributed by atoms with E-state index in [1.165, 1.54) is 35.0 Å². The second kappa shape index (κ2) is 20.4. The Bertz CT molecular complexity index is 2870. The van der Waals surface area contributed by atoms with E-state index in [4.69, 9.17) is 25.5 Å². The normalized spacial score (nSPS) is 17.9. The van der Waals surface area contributed by atoms with Gasteiger partial charge in [0, 0.05) is 98.9 Å². The van der Waals surface area contributed by atoms with Crippen LogP contribution in [0.4, 0.5) is 17.1 Å². The van der Waals surface area contributed by atoms with E-state index in [-0.39, 0.29) is 32.9 Å². The predicted molar refractivity (Wildman–Crippen MR) is 279 cm³/mol. The summed E-state index contributed by atoms with van der Waals surface area (Å²) in [6, 6.07) is 20.5. The van der Waals surface area contributed by atoms with Gasteiger partial charge in [0.15, 0.2) is 8.32 Å². The quantitative estimate of drug-likeness (QED) is 0.0484. The number of hydrogen-bond donors (Lipinski definition) is 3. The van der Waals surface area contributed by atoms with Gasteiger partial charge in [-0.05, 0) is 115 Å². The van der Waals surface area contributed by atoms with Gasteiger partial charge in [-0.15, -0.1) is 0 Å². The zero-order chi connectivity index (χ0) is 50.1. The number of sulfonamides is 1. The van der Waals surface area contributed by atoms with Gasteiger partial charge >= 0.3 is 0 Å². The third-order valence-electron chi connectivity index (χ3n) is 14.8. The van der Waals surface area contributed by atoms with Gasteiger partial charge in [0.2, 0.25) is 0 Å². The van der Waals surface area contributed by atoms with E-state index in [2.05, 4.69) is 89.7 Å². The number of aromatic nitrogens is 2. The predicted octanol–water partition coefficient (Wildman–Crippen LogP) is 11.1. The Hall–Kier alpha value is -5.30. The van der Waals surface area contributed by atoms with Crippen LogP contribution in [0, 0.1) is 20.9 Å². The number of ether oxygens (including phenoxy) is 2. The molecule has 0 saturated carbocycles. The molecule has 2 aromatic heterocycles. The van der Waals surface area contributed by atoms with Gasteiger partial charge < -0.3 is 29.1 Å². The average Bonchev–Trinajstić information content (AvgIpc) is 3.79. The molecule has 8 rings (SSSR count). The van der Waals surface area contributed by atoms with Gasteiger partial charge in [-0.25, -0.2) is 18.1 Å². The van der Waals surface area contributed by atoms with Crippen molar-refractivity contribution >= 4 is 69.5 Å². The van der Waals surface area contributed by atoms with Crippen LogP contribution < -0.4 is 19.7 Å². The highest BCUT2D eigenvalue weighted by Gasteiger charge is 2.42. The van der Waals surface area contributed by atoms with Crippen molar-refractivity contribution in [3.05, 3.63) is 117 Å². The highest BCUT2D eigenvalue weighted by atomic mass is 35.5. The molecule has 2 aliphatic heterocycles. The van der Waals surface area contributed by atoms with Crippen molar-refractivity contribution in [1.29, 1.82) is 0 Å². The topological polar surface area (TPSA) is 181 Å². The van der Waals surface area contributed by atoms with Gasteiger partial charge in [0.05, 0.1) is 21.6 Å². The highest BCUT2D eigenvalue weighted by Crippen LogP contribution is 2.44. The molecule has 0 unspecified atom stereocenters. The minimum atomic E-state index is -4.62. The summed E-state index contributed by atoms with van der Waals surface area (Å²) < 4.78 is 48.8. The fourth-order valence-corrected chi connectivity index (χ4v) is 11.4. The lowest BCUT2D eigenvalue weighted by Crippen LogP contribution is -2.47. The van der Waals surface area contributed by atoms with Crippen molar-refractivity contribution in [2.75, 3.05) is 69.3 Å². The number of H-pyrrole nitrogens is 1. The van der Waals surface area contributed by atoms with Crippen molar-refractivity contribution in [3.63, 3.8) is 0 Å². The summed E-state index contributed by atoms with van der Waals surface area (Å²) in [5, 5.41) is 17.3. The van der Waals surface area contributed by atoms with Crippen LogP contribution in [0.1, 0.15) is 82.6 Å². The molecule has 3 aromatic carbocycles. The Morgan fingerprint density at radius 2 is 1.71 bits per heavy atom. The fourth-order valence-electron chi connectivity index (χ4n) is 9.20. The molecule has 374 valence electrons. The average molecular weight is 1010 g/mol. The molecule has 15 nitrogen and oxygen atoms in total. The third kappa shape index (κ3) is 11.9. The molecule has 5 aromatic rings. The standard InChI is InChI=1S/C52H66ClN7O8SSi/c1-50(2,3)70(6,7)67-35-52(19-26-66-27-20-52)34-56-45-15-13-42(30-46(45)60(62)63)69(64,65)57-49(61)43-14-12-40(29-47(43)68-41-28-37-17-21-54-48(37)55-32-41)59-24-22-58(23-25-59)33-38-16-18-51(4,5)31-44(38)36-8-10-39(53)11-9-36/h8-15,17,21,28-30,32,56H,16,18-20,22-27,31,33-35H2,1-7H3,(H,54,55)(H,57,61). The van der Waals surface area contributed by atoms with Crippen LogP contribution in [-0.4, -0.2) is 102 Å². The van der Waals surface area contributed by atoms with E-state index in [0.717, 1.165) is 74.1 Å². The van der Waals surface area contributed by atoms with Crippen LogP contribution in [-0.2, 0) is 19.2 Å². The first-order chi connectivity index (χ1) is 33.1. The highest BCUT2D eigenvalue weighted by molar-refractivity contribution is 7.90. The number of fused-ring (bicyclic) bond motifs is 1. The summed E-state index contributed by atoms with van der Waals surface area (Å²) in [6.45, 7) is 21.4. The van der Waals surface area contributed by atoms with Crippen LogP contribution in [0.2, 0.25) is 23.2 Å². The largest absolute Gasteiger partial charge is 0.455 e. The zero-order valence-electron chi connectivity index (χ0n) is 41.3. The van der Waals surface area contributed by atoms with Gasteiger partial charge in [-0.3, -0.25) is 19.8 Å². The second-order valence-corrected chi connectivity index (χ2v) is 28.4. The van der Waals surface area contributed by atoms with Gasteiger partial charge in [0.1, 0.15) is 22.8 Å². The van der Waals surface area contributed by atoms with E-state index in [1.54, 1.807) is 30.5 Å². The van der Waals surface area contributed by atoms with Crippen LogP contribution in [0.3, 0.4) is 0 Å². The van der Waals surface area contributed by atoms with E-state index in [9.17, 15) is 23.3 Å². The Balaban J connectivity index is 0.994. The number of carbonyl (C=O) groups is 1. The van der Waals surface area contributed by atoms with Gasteiger partial charge in [-0.1, -0.05) is 63.9 Å². The number of halogens is 1. The summed E-state index contributed by atoms with van der Waals surface area (Å²) in [4.78, 5) is 37.8. The number of benzene rings is 3. The number of amides is 1. The Morgan fingerprint density at radius 3 is 2.41 bits per heavy atom. The van der Waals surface area contributed by atoms with E-state index < -0.39 is 39.8 Å². The Morgan fingerprint density at radius 1 is 0.986 bits per heavy atom. The number of nitro benzene ring substituents is 1. The maximum atomic E-state index is 14.1. The Kier molecular flexibility index (Phi) is 14.9. The number of aromatic amines is 1. The molecule has 0 bridgehead atoms. The lowest BCUT2D eigenvalue weighted by molar-refractivity contribution is -0.384. The van der Waals surface area contributed by atoms with Crippen LogP contribution in [0.25, 0.3) is 16.6 Å². The molecular formula is C52H66ClN7O8SSi. The first-order valence-electron chi connectivity index (χ1n) is 24.1. The van der Waals surface area contributed by atoms with E-state index >= 15 is 0 Å². The number of piperazine rings is 1. The van der Waals surface area contributed by atoms with Crippen molar-refractivity contribution in [1.82, 2.24) is 19.6 Å². The number of nitrogens with zero attached hydrogens (tertiary/aromatic N) is 4. The lowest BCUT2D eigenvalue weighted by atomic mass is 9.72. The molecule has 3 aliphatic rings. The third-order valence-corrected chi connectivity index (χ3v) is 20.9. The van der Waals surface area contributed by atoms with Crippen LogP contribution in [0.15, 0.2) is 95.7 Å². The number of anilines is 2. The first kappa shape index (κ1) is 51.1. The summed E-state index contributed by atoms with van der Waals surface area (Å²) in [7, 11) is -6.72. The Labute approximate surface area is 417 Å². The van der Waals surface area contributed by atoms with Gasteiger partial charge in [0.25, 0.3) is 21.6 Å². The fraction of sp³-hybridized carbons (Fsp3) is 0.462. The molecule has 18 heteroatoms. The minimum absolute atomic E-state index is 0.00219. The number of pyridine rings is 1. The lowest BCUT2D eigenvalue weighted by Gasteiger charge is -2.43. The number of carbonyl (C=O) groups excluding carboxylic acids is 1. The van der Waals surface area contributed by atoms with E-state index in [0.29, 0.717) is 50.6 Å². The molecule has 70 heavy (non-hydrogen) atoms. The number of hydrogen-bond acceptors (Lipinski definition) is 12. The van der Waals surface area contributed by atoms with Crippen molar-refractivity contribution < 1.29 is 32.0 Å². The van der Waals surface area contributed by atoms with Crippen molar-refractivity contribution in [3.8, 4) is 11.5 Å². The monoisotopic (exact) mass is 1010 g/mol. The number of nitrogens with one attached hydrogen (secondary N) is 3. The molecule has 4 heterocycles.